The third-order valence-corrected chi connectivity index (χ3v) is 4.59. The van der Waals surface area contributed by atoms with Gasteiger partial charge in [-0.15, -0.1) is 0 Å². The smallest absolute Gasteiger partial charge is 0.126 e. The summed E-state index contributed by atoms with van der Waals surface area (Å²) >= 11 is 6.23. The molecule has 0 radical (unpaired) electrons. The molecular formula is C17H27ClN2O. The summed E-state index contributed by atoms with van der Waals surface area (Å²) in [6, 6.07) is 3.83. The average Bonchev–Trinajstić information content (AvgIpc) is 2.53. The number of aromatic nitrogens is 1. The number of nitrogens with one attached hydrogen (secondary N) is 1. The van der Waals surface area contributed by atoms with Crippen molar-refractivity contribution >= 4 is 17.4 Å². The number of pyridine rings is 1. The molecule has 2 atom stereocenters. The lowest BCUT2D eigenvalue weighted by atomic mass is 9.85. The van der Waals surface area contributed by atoms with E-state index in [2.05, 4.69) is 24.1 Å². The van der Waals surface area contributed by atoms with E-state index in [1.165, 1.54) is 32.1 Å². The van der Waals surface area contributed by atoms with Gasteiger partial charge < -0.3 is 10.1 Å². The highest BCUT2D eigenvalue weighted by Crippen LogP contribution is 2.29. The van der Waals surface area contributed by atoms with Gasteiger partial charge in [0.1, 0.15) is 5.82 Å². The first-order valence-corrected chi connectivity index (χ1v) is 8.61. The molecule has 1 aliphatic carbocycles. The number of ether oxygens (including phenoxy) is 1. The van der Waals surface area contributed by atoms with Crippen molar-refractivity contribution in [2.45, 2.75) is 65.1 Å². The molecule has 0 amide bonds. The largest absolute Gasteiger partial charge is 0.372 e. The highest BCUT2D eigenvalue weighted by atomic mass is 35.5. The summed E-state index contributed by atoms with van der Waals surface area (Å²) in [7, 11) is 0. The highest BCUT2D eigenvalue weighted by Gasteiger charge is 2.21. The van der Waals surface area contributed by atoms with E-state index in [1.807, 2.05) is 12.1 Å². The quantitative estimate of drug-likeness (QED) is 0.766. The molecule has 1 saturated carbocycles. The number of hydrogen-bond acceptors (Lipinski definition) is 3. The maximum atomic E-state index is 6.23. The van der Waals surface area contributed by atoms with Crippen LogP contribution in [0.25, 0.3) is 0 Å². The van der Waals surface area contributed by atoms with Crippen LogP contribution in [0.15, 0.2) is 12.1 Å². The van der Waals surface area contributed by atoms with E-state index in [-0.39, 0.29) is 0 Å². The van der Waals surface area contributed by atoms with Crippen LogP contribution in [-0.2, 0) is 11.3 Å². The van der Waals surface area contributed by atoms with E-state index in [4.69, 9.17) is 16.3 Å². The summed E-state index contributed by atoms with van der Waals surface area (Å²) in [5.41, 5.74) is 0.844. The van der Waals surface area contributed by atoms with Crippen molar-refractivity contribution in [2.24, 2.45) is 5.92 Å². The van der Waals surface area contributed by atoms with Crippen LogP contribution < -0.4 is 5.32 Å². The molecule has 0 bridgehead atoms. The molecular weight excluding hydrogens is 284 g/mol. The summed E-state index contributed by atoms with van der Waals surface area (Å²) in [5.74, 6) is 1.71. The average molecular weight is 311 g/mol. The van der Waals surface area contributed by atoms with Gasteiger partial charge in [0.25, 0.3) is 0 Å². The number of anilines is 1. The molecule has 4 heteroatoms. The lowest BCUT2D eigenvalue weighted by Gasteiger charge is -2.28. The van der Waals surface area contributed by atoms with Gasteiger partial charge in [0, 0.05) is 6.54 Å². The lowest BCUT2D eigenvalue weighted by molar-refractivity contribution is 0.000430. The third kappa shape index (κ3) is 5.15. The fourth-order valence-corrected chi connectivity index (χ4v) is 3.06. The Morgan fingerprint density at radius 2 is 2.19 bits per heavy atom. The van der Waals surface area contributed by atoms with Gasteiger partial charge in [0.15, 0.2) is 0 Å². The summed E-state index contributed by atoms with van der Waals surface area (Å²) in [6.45, 7) is 5.85. The van der Waals surface area contributed by atoms with Crippen molar-refractivity contribution in [3.8, 4) is 0 Å². The minimum atomic E-state index is 0.369. The first kappa shape index (κ1) is 16.6. The van der Waals surface area contributed by atoms with Crippen LogP contribution in [0.1, 0.15) is 58.1 Å². The van der Waals surface area contributed by atoms with Crippen LogP contribution in [0, 0.1) is 5.92 Å². The highest BCUT2D eigenvalue weighted by molar-refractivity contribution is 6.31. The van der Waals surface area contributed by atoms with E-state index in [1.54, 1.807) is 0 Å². The van der Waals surface area contributed by atoms with E-state index in [0.717, 1.165) is 30.4 Å². The second-order valence-corrected chi connectivity index (χ2v) is 6.33. The zero-order valence-electron chi connectivity index (χ0n) is 13.2. The summed E-state index contributed by atoms with van der Waals surface area (Å²) in [6.07, 6.45) is 7.69. The number of nitrogens with zero attached hydrogens (tertiary/aromatic N) is 1. The maximum Gasteiger partial charge on any atom is 0.126 e. The molecule has 2 unspecified atom stereocenters. The maximum absolute atomic E-state index is 6.23. The van der Waals surface area contributed by atoms with Crippen LogP contribution in [0.2, 0.25) is 5.02 Å². The van der Waals surface area contributed by atoms with Gasteiger partial charge in [0.2, 0.25) is 0 Å². The first-order chi connectivity index (χ1) is 10.2. The zero-order valence-corrected chi connectivity index (χ0v) is 14.0. The zero-order chi connectivity index (χ0) is 15.1. The van der Waals surface area contributed by atoms with Gasteiger partial charge in [0.05, 0.1) is 23.4 Å². The van der Waals surface area contributed by atoms with Crippen LogP contribution >= 0.6 is 11.6 Å². The van der Waals surface area contributed by atoms with Crippen molar-refractivity contribution in [3.63, 3.8) is 0 Å². The molecule has 0 aliphatic heterocycles. The number of rotatable bonds is 7. The van der Waals surface area contributed by atoms with E-state index in [9.17, 15) is 0 Å². The Balaban J connectivity index is 1.89. The fourth-order valence-electron chi connectivity index (χ4n) is 2.90. The molecule has 0 spiro atoms. The molecule has 1 fully saturated rings. The Kier molecular flexibility index (Phi) is 6.78. The third-order valence-electron chi connectivity index (χ3n) is 4.24. The molecule has 3 nitrogen and oxygen atoms in total. The van der Waals surface area contributed by atoms with Crippen LogP contribution in [0.3, 0.4) is 0 Å². The van der Waals surface area contributed by atoms with Crippen molar-refractivity contribution in [1.29, 1.82) is 0 Å². The van der Waals surface area contributed by atoms with Gasteiger partial charge in [-0.3, -0.25) is 0 Å². The van der Waals surface area contributed by atoms with E-state index >= 15 is 0 Å². The first-order valence-electron chi connectivity index (χ1n) is 8.23. The SMILES string of the molecule is CCCNc1ccc(Cl)c(COC2CCCC(CC)C2)n1. The van der Waals surface area contributed by atoms with Crippen molar-refractivity contribution in [3.05, 3.63) is 22.8 Å². The van der Waals surface area contributed by atoms with Gasteiger partial charge in [-0.1, -0.05) is 44.7 Å². The molecule has 1 heterocycles. The minimum Gasteiger partial charge on any atom is -0.372 e. The summed E-state index contributed by atoms with van der Waals surface area (Å²) < 4.78 is 6.07. The normalized spacial score (nSPS) is 22.2. The molecule has 1 aromatic rings. The molecule has 1 aromatic heterocycles. The predicted octanol–water partition coefficient (Wildman–Crippen LogP) is 5.04. The summed E-state index contributed by atoms with van der Waals surface area (Å²) in [5, 5.41) is 3.99. The van der Waals surface area contributed by atoms with E-state index < -0.39 is 0 Å². The molecule has 1 aliphatic rings. The molecule has 0 aromatic carbocycles. The molecule has 1 N–H and O–H groups in total. The Morgan fingerprint density at radius 1 is 1.33 bits per heavy atom. The molecule has 118 valence electrons. The Morgan fingerprint density at radius 3 is 2.95 bits per heavy atom. The van der Waals surface area contributed by atoms with Crippen LogP contribution in [0.5, 0.6) is 0 Å². The molecule has 0 saturated heterocycles. The Bertz CT molecular complexity index is 439. The van der Waals surface area contributed by atoms with Gasteiger partial charge in [-0.2, -0.15) is 0 Å². The Hall–Kier alpha value is -0.800. The van der Waals surface area contributed by atoms with Crippen molar-refractivity contribution in [2.75, 3.05) is 11.9 Å². The summed E-state index contributed by atoms with van der Waals surface area (Å²) in [4.78, 5) is 4.57. The van der Waals surface area contributed by atoms with Crippen LogP contribution in [0.4, 0.5) is 5.82 Å². The Labute approximate surface area is 133 Å². The number of hydrogen-bond donors (Lipinski definition) is 1. The number of halogens is 1. The monoisotopic (exact) mass is 310 g/mol. The minimum absolute atomic E-state index is 0.369. The lowest BCUT2D eigenvalue weighted by Crippen LogP contribution is -2.22. The van der Waals surface area contributed by atoms with Crippen LogP contribution in [-0.4, -0.2) is 17.6 Å². The second-order valence-electron chi connectivity index (χ2n) is 5.93. The van der Waals surface area contributed by atoms with Gasteiger partial charge >= 0.3 is 0 Å². The standard InChI is InChI=1S/C17H27ClN2O/c1-3-10-19-17-9-8-15(18)16(20-17)12-21-14-7-5-6-13(4-2)11-14/h8-9,13-14H,3-7,10-12H2,1-2H3,(H,19,20). The predicted molar refractivity (Wildman–Crippen MR) is 88.9 cm³/mol. The topological polar surface area (TPSA) is 34.1 Å². The molecule has 21 heavy (non-hydrogen) atoms. The van der Waals surface area contributed by atoms with Gasteiger partial charge in [-0.05, 0) is 37.3 Å². The van der Waals surface area contributed by atoms with Crippen molar-refractivity contribution in [1.82, 2.24) is 4.98 Å². The van der Waals surface area contributed by atoms with Crippen molar-refractivity contribution < 1.29 is 4.74 Å². The molecule has 2 rings (SSSR count). The van der Waals surface area contributed by atoms with Gasteiger partial charge in [-0.25, -0.2) is 4.98 Å². The van der Waals surface area contributed by atoms with E-state index in [0.29, 0.717) is 17.7 Å². The second kappa shape index (κ2) is 8.60. The fraction of sp³-hybridized carbons (Fsp3) is 0.706.